The van der Waals surface area contributed by atoms with Crippen molar-refractivity contribution in [1.29, 1.82) is 0 Å². The van der Waals surface area contributed by atoms with Crippen molar-refractivity contribution < 1.29 is 13.9 Å². The molecule has 0 aliphatic rings. The van der Waals surface area contributed by atoms with Crippen LogP contribution in [0.5, 0.6) is 0 Å². The van der Waals surface area contributed by atoms with Gasteiger partial charge in [0.1, 0.15) is 11.5 Å². The summed E-state index contributed by atoms with van der Waals surface area (Å²) >= 11 is 0. The molecule has 0 radical (unpaired) electrons. The fraction of sp³-hybridized carbons (Fsp3) is 0.250. The number of nitrogens with zero attached hydrogens (tertiary/aromatic N) is 2. The average Bonchev–Trinajstić information content (AvgIpc) is 2.65. The summed E-state index contributed by atoms with van der Waals surface area (Å²) in [7, 11) is 0. The van der Waals surface area contributed by atoms with Crippen LogP contribution < -0.4 is 0 Å². The van der Waals surface area contributed by atoms with Crippen molar-refractivity contribution >= 4 is 0 Å². The highest BCUT2D eigenvalue weighted by atomic mass is 19.1. The van der Waals surface area contributed by atoms with Crippen molar-refractivity contribution in [2.45, 2.75) is 19.4 Å². The van der Waals surface area contributed by atoms with E-state index in [-0.39, 0.29) is 5.69 Å². The Hall–Kier alpha value is -1.75. The highest BCUT2D eigenvalue weighted by Gasteiger charge is 2.19. The molecule has 1 aromatic heterocycles. The number of benzene rings is 1. The first-order valence-corrected chi connectivity index (χ1v) is 5.11. The maximum Gasteiger partial charge on any atom is 0.151 e. The molecule has 0 unspecified atom stereocenters. The predicted octanol–water partition coefficient (Wildman–Crippen LogP) is 2.38. The van der Waals surface area contributed by atoms with Crippen LogP contribution in [0.25, 0.3) is 5.69 Å². The molecule has 0 fully saturated rings. The molecule has 0 aliphatic heterocycles. The van der Waals surface area contributed by atoms with Gasteiger partial charge in [-0.25, -0.2) is 13.5 Å². The Morgan fingerprint density at radius 2 is 2.00 bits per heavy atom. The van der Waals surface area contributed by atoms with Gasteiger partial charge in [0.15, 0.2) is 5.82 Å². The van der Waals surface area contributed by atoms with Gasteiger partial charge in [-0.2, -0.15) is 5.10 Å². The van der Waals surface area contributed by atoms with Crippen LogP contribution in [0.3, 0.4) is 0 Å². The molecular formula is C12H12F2N2O. The molecule has 1 heterocycles. The van der Waals surface area contributed by atoms with Crippen LogP contribution >= 0.6 is 0 Å². The second kappa shape index (κ2) is 3.92. The molecule has 17 heavy (non-hydrogen) atoms. The summed E-state index contributed by atoms with van der Waals surface area (Å²) < 4.78 is 27.5. The van der Waals surface area contributed by atoms with E-state index in [1.165, 1.54) is 23.1 Å². The number of hydrogen-bond donors (Lipinski definition) is 1. The van der Waals surface area contributed by atoms with Gasteiger partial charge in [0.25, 0.3) is 0 Å². The molecule has 3 nitrogen and oxygen atoms in total. The van der Waals surface area contributed by atoms with Crippen molar-refractivity contribution in [1.82, 2.24) is 9.78 Å². The van der Waals surface area contributed by atoms with Crippen LogP contribution in [0.1, 0.15) is 19.4 Å². The van der Waals surface area contributed by atoms with Crippen molar-refractivity contribution in [2.75, 3.05) is 0 Å². The molecule has 2 rings (SSSR count). The molecule has 1 aromatic carbocycles. The maximum absolute atomic E-state index is 13.5. The van der Waals surface area contributed by atoms with E-state index in [9.17, 15) is 13.9 Å². The zero-order chi connectivity index (χ0) is 12.6. The Morgan fingerprint density at radius 1 is 1.29 bits per heavy atom. The molecule has 0 saturated carbocycles. The Labute approximate surface area is 97.3 Å². The molecule has 0 bridgehead atoms. The molecule has 0 atom stereocenters. The minimum absolute atomic E-state index is 0.141. The number of aromatic nitrogens is 2. The minimum atomic E-state index is -1.05. The summed E-state index contributed by atoms with van der Waals surface area (Å²) in [6.07, 6.45) is 2.96. The summed E-state index contributed by atoms with van der Waals surface area (Å²) in [4.78, 5) is 0. The second-order valence-electron chi connectivity index (χ2n) is 4.33. The Bertz CT molecular complexity index is 544. The van der Waals surface area contributed by atoms with E-state index in [2.05, 4.69) is 5.10 Å². The summed E-state index contributed by atoms with van der Waals surface area (Å²) in [6.45, 7) is 3.21. The quantitative estimate of drug-likeness (QED) is 0.872. The predicted molar refractivity (Wildman–Crippen MR) is 58.7 cm³/mol. The number of aliphatic hydroxyl groups is 1. The highest BCUT2D eigenvalue weighted by molar-refractivity contribution is 5.34. The second-order valence-corrected chi connectivity index (χ2v) is 4.33. The number of halogens is 2. The van der Waals surface area contributed by atoms with E-state index in [1.807, 2.05) is 0 Å². The van der Waals surface area contributed by atoms with Gasteiger partial charge in [-0.05, 0) is 26.0 Å². The lowest BCUT2D eigenvalue weighted by Crippen LogP contribution is -2.14. The lowest BCUT2D eigenvalue weighted by atomic mass is 10.0. The van der Waals surface area contributed by atoms with Gasteiger partial charge in [-0.3, -0.25) is 0 Å². The molecule has 2 aromatic rings. The third-order valence-electron chi connectivity index (χ3n) is 2.45. The summed E-state index contributed by atoms with van der Waals surface area (Å²) in [5, 5.41) is 13.7. The molecular weight excluding hydrogens is 226 g/mol. The molecule has 0 saturated heterocycles. The molecule has 5 heteroatoms. The van der Waals surface area contributed by atoms with Crippen molar-refractivity contribution in [2.24, 2.45) is 0 Å². The van der Waals surface area contributed by atoms with Gasteiger partial charge in [0.05, 0.1) is 11.8 Å². The number of rotatable bonds is 2. The van der Waals surface area contributed by atoms with Gasteiger partial charge in [0, 0.05) is 17.8 Å². The average molecular weight is 238 g/mol. The standard InChI is InChI=1S/C12H12F2N2O/c1-12(2,17)8-6-15-16(7-8)11-4-3-9(13)5-10(11)14/h3-7,17H,1-2H3. The fourth-order valence-corrected chi connectivity index (χ4v) is 1.44. The third kappa shape index (κ3) is 2.34. The Kier molecular flexibility index (Phi) is 2.71. The number of hydrogen-bond acceptors (Lipinski definition) is 2. The van der Waals surface area contributed by atoms with E-state index < -0.39 is 17.2 Å². The summed E-state index contributed by atoms with van der Waals surface area (Å²) in [6, 6.07) is 3.25. The van der Waals surface area contributed by atoms with E-state index in [4.69, 9.17) is 0 Å². The Morgan fingerprint density at radius 3 is 2.53 bits per heavy atom. The van der Waals surface area contributed by atoms with Gasteiger partial charge in [-0.15, -0.1) is 0 Å². The molecule has 0 spiro atoms. The van der Waals surface area contributed by atoms with Gasteiger partial charge < -0.3 is 5.11 Å². The lowest BCUT2D eigenvalue weighted by molar-refractivity contribution is 0.0786. The first-order valence-electron chi connectivity index (χ1n) is 5.11. The van der Waals surface area contributed by atoms with Crippen LogP contribution in [0.2, 0.25) is 0 Å². The fourth-order valence-electron chi connectivity index (χ4n) is 1.44. The van der Waals surface area contributed by atoms with Crippen molar-refractivity contribution in [3.05, 3.63) is 47.8 Å². The monoisotopic (exact) mass is 238 g/mol. The van der Waals surface area contributed by atoms with Crippen LogP contribution in [0.15, 0.2) is 30.6 Å². The van der Waals surface area contributed by atoms with E-state index >= 15 is 0 Å². The van der Waals surface area contributed by atoms with E-state index in [0.717, 1.165) is 12.1 Å². The zero-order valence-corrected chi connectivity index (χ0v) is 9.48. The molecule has 1 N–H and O–H groups in total. The van der Waals surface area contributed by atoms with Crippen LogP contribution in [0, 0.1) is 11.6 Å². The first kappa shape index (κ1) is 11.7. The summed E-state index contributed by atoms with van der Waals surface area (Å²) in [5.74, 6) is -1.34. The van der Waals surface area contributed by atoms with Crippen LogP contribution in [-0.2, 0) is 5.60 Å². The highest BCUT2D eigenvalue weighted by Crippen LogP contribution is 2.21. The van der Waals surface area contributed by atoms with Crippen molar-refractivity contribution in [3.8, 4) is 5.69 Å². The Balaban J connectivity index is 2.44. The molecule has 90 valence electrons. The zero-order valence-electron chi connectivity index (χ0n) is 9.48. The molecule has 0 aliphatic carbocycles. The van der Waals surface area contributed by atoms with Gasteiger partial charge in [0.2, 0.25) is 0 Å². The third-order valence-corrected chi connectivity index (χ3v) is 2.45. The van der Waals surface area contributed by atoms with Crippen molar-refractivity contribution in [3.63, 3.8) is 0 Å². The van der Waals surface area contributed by atoms with Gasteiger partial charge >= 0.3 is 0 Å². The summed E-state index contributed by atoms with van der Waals surface area (Å²) in [5.41, 5.74) is -0.350. The van der Waals surface area contributed by atoms with Gasteiger partial charge in [-0.1, -0.05) is 0 Å². The van der Waals surface area contributed by atoms with Crippen LogP contribution in [-0.4, -0.2) is 14.9 Å². The minimum Gasteiger partial charge on any atom is -0.386 e. The lowest BCUT2D eigenvalue weighted by Gasteiger charge is -2.13. The SMILES string of the molecule is CC(C)(O)c1cnn(-c2ccc(F)cc2F)c1. The largest absolute Gasteiger partial charge is 0.386 e. The normalized spacial score (nSPS) is 11.8. The van der Waals surface area contributed by atoms with Crippen LogP contribution in [0.4, 0.5) is 8.78 Å². The topological polar surface area (TPSA) is 38.1 Å². The van der Waals surface area contributed by atoms with E-state index in [1.54, 1.807) is 13.8 Å². The van der Waals surface area contributed by atoms with E-state index in [0.29, 0.717) is 5.56 Å². The maximum atomic E-state index is 13.5. The first-order chi connectivity index (χ1) is 7.88. The molecule has 0 amide bonds. The smallest absolute Gasteiger partial charge is 0.151 e.